The van der Waals surface area contributed by atoms with Gasteiger partial charge in [-0.2, -0.15) is 0 Å². The largest absolute Gasteiger partial charge is 0.481 e. The number of hydrogen-bond acceptors (Lipinski definition) is 3. The number of aliphatic carboxylic acids is 1. The number of fused-ring (bicyclic) bond motifs is 7. The van der Waals surface area contributed by atoms with E-state index in [0.717, 1.165) is 43.3 Å². The zero-order valence-electron chi connectivity index (χ0n) is 22.2. The Hall–Kier alpha value is -1.68. The first-order valence-corrected chi connectivity index (χ1v) is 13.5. The summed E-state index contributed by atoms with van der Waals surface area (Å²) in [5.41, 5.74) is -0.582. The molecule has 0 saturated heterocycles. The minimum Gasteiger partial charge on any atom is -0.481 e. The molecule has 190 valence electrons. The van der Waals surface area contributed by atoms with Gasteiger partial charge in [-0.3, -0.25) is 14.4 Å². The van der Waals surface area contributed by atoms with Gasteiger partial charge in [0.25, 0.3) is 0 Å². The highest BCUT2D eigenvalue weighted by atomic mass is 35.5. The molecule has 35 heavy (non-hydrogen) atoms. The molecule has 5 heteroatoms. The molecule has 2 fully saturated rings. The Labute approximate surface area is 214 Å². The Morgan fingerprint density at radius 1 is 0.914 bits per heavy atom. The summed E-state index contributed by atoms with van der Waals surface area (Å²) < 4.78 is 0. The lowest BCUT2D eigenvalue weighted by atomic mass is 9.35. The van der Waals surface area contributed by atoms with Crippen molar-refractivity contribution >= 4 is 29.1 Å². The Morgan fingerprint density at radius 2 is 1.54 bits per heavy atom. The molecule has 5 aliphatic carbocycles. The van der Waals surface area contributed by atoms with Crippen LogP contribution >= 0.6 is 11.6 Å². The summed E-state index contributed by atoms with van der Waals surface area (Å²) in [6.45, 7) is 14.7. The Balaban J connectivity index is 1.72. The molecule has 5 aliphatic rings. The summed E-state index contributed by atoms with van der Waals surface area (Å²) in [5, 5.41) is 10.3. The van der Waals surface area contributed by atoms with Gasteiger partial charge >= 0.3 is 5.97 Å². The molecule has 0 aromatic rings. The van der Waals surface area contributed by atoms with Crippen LogP contribution in [-0.4, -0.2) is 22.6 Å². The van der Waals surface area contributed by atoms with Gasteiger partial charge in [0.05, 0.1) is 10.4 Å². The van der Waals surface area contributed by atoms with Crippen LogP contribution in [0.5, 0.6) is 0 Å². The monoisotopic (exact) mass is 498 g/mol. The fraction of sp³-hybridized carbons (Fsp3) is 0.700. The van der Waals surface area contributed by atoms with Gasteiger partial charge in [-0.05, 0) is 84.8 Å². The summed E-state index contributed by atoms with van der Waals surface area (Å²) in [6.07, 6.45) is 10.9. The van der Waals surface area contributed by atoms with Crippen molar-refractivity contribution in [2.24, 2.45) is 44.3 Å². The Morgan fingerprint density at radius 3 is 2.17 bits per heavy atom. The minimum absolute atomic E-state index is 0.0234. The van der Waals surface area contributed by atoms with Gasteiger partial charge in [-0.15, -0.1) is 0 Å². The third kappa shape index (κ3) is 2.89. The van der Waals surface area contributed by atoms with Gasteiger partial charge < -0.3 is 5.11 Å². The van der Waals surface area contributed by atoms with E-state index in [2.05, 4.69) is 27.7 Å². The molecular formula is C30H39ClO4. The Kier molecular flexibility index (Phi) is 4.99. The molecule has 2 saturated carbocycles. The first kappa shape index (κ1) is 25.0. The highest BCUT2D eigenvalue weighted by molar-refractivity contribution is 6.43. The zero-order chi connectivity index (χ0) is 26.0. The maximum absolute atomic E-state index is 14.2. The van der Waals surface area contributed by atoms with Crippen molar-refractivity contribution in [1.29, 1.82) is 0 Å². The molecule has 0 aromatic carbocycles. The Bertz CT molecular complexity index is 1160. The molecule has 0 spiro atoms. The third-order valence-electron chi connectivity index (χ3n) is 11.8. The van der Waals surface area contributed by atoms with Crippen LogP contribution in [0.3, 0.4) is 0 Å². The number of ketones is 2. The number of Topliss-reactive ketones (excluding diaryl/α,β-unsaturated/α-hetero) is 1. The maximum Gasteiger partial charge on any atom is 0.313 e. The number of hydrogen-bond donors (Lipinski definition) is 1. The number of carboxylic acids is 1. The molecule has 1 N–H and O–H groups in total. The molecule has 0 unspecified atom stereocenters. The molecular weight excluding hydrogens is 460 g/mol. The number of carbonyl (C=O) groups is 3. The molecule has 7 atom stereocenters. The van der Waals surface area contributed by atoms with Crippen LogP contribution in [-0.2, 0) is 14.4 Å². The predicted molar refractivity (Wildman–Crippen MR) is 137 cm³/mol. The van der Waals surface area contributed by atoms with Crippen LogP contribution in [0, 0.1) is 44.3 Å². The molecule has 4 nitrogen and oxygen atoms in total. The fourth-order valence-electron chi connectivity index (χ4n) is 9.21. The molecule has 0 radical (unpaired) electrons. The molecule has 5 rings (SSSR count). The average molecular weight is 499 g/mol. The van der Waals surface area contributed by atoms with Crippen LogP contribution in [0.15, 0.2) is 34.4 Å². The SMILES string of the molecule is CC1(C)C(=O)C(Cl)=C[C@]2(C)[C@H]3C(=O)C=C4C5=C[C@@](C)(C(=O)O)CC[C@]5(C)CC[C@@]4(C)[C@]3(C)CC[C@@H]12. The first-order chi connectivity index (χ1) is 16.0. The van der Waals surface area contributed by atoms with Crippen LogP contribution in [0.1, 0.15) is 87.0 Å². The normalized spacial score (nSPS) is 48.4. The van der Waals surface area contributed by atoms with Crippen LogP contribution in [0.25, 0.3) is 0 Å². The van der Waals surface area contributed by atoms with Crippen LogP contribution in [0.4, 0.5) is 0 Å². The second-order valence-electron chi connectivity index (χ2n) is 14.0. The average Bonchev–Trinajstić information content (AvgIpc) is 2.74. The lowest BCUT2D eigenvalue weighted by molar-refractivity contribution is -0.164. The van der Waals surface area contributed by atoms with Crippen molar-refractivity contribution in [1.82, 2.24) is 0 Å². The third-order valence-corrected chi connectivity index (χ3v) is 12.0. The molecule has 0 bridgehead atoms. The minimum atomic E-state index is -0.914. The van der Waals surface area contributed by atoms with E-state index in [0.29, 0.717) is 6.42 Å². The zero-order valence-corrected chi connectivity index (χ0v) is 22.9. The van der Waals surface area contributed by atoms with E-state index < -0.39 is 22.2 Å². The van der Waals surface area contributed by atoms with Crippen molar-refractivity contribution in [3.63, 3.8) is 0 Å². The van der Waals surface area contributed by atoms with Crippen LogP contribution in [0.2, 0.25) is 0 Å². The van der Waals surface area contributed by atoms with Crippen molar-refractivity contribution in [3.05, 3.63) is 34.4 Å². The van der Waals surface area contributed by atoms with E-state index >= 15 is 0 Å². The van der Waals surface area contributed by atoms with E-state index in [1.54, 1.807) is 0 Å². The number of allylic oxidation sites excluding steroid dienone is 5. The van der Waals surface area contributed by atoms with Gasteiger partial charge in [-0.25, -0.2) is 0 Å². The first-order valence-electron chi connectivity index (χ1n) is 13.1. The summed E-state index contributed by atoms with van der Waals surface area (Å²) in [4.78, 5) is 39.4. The topological polar surface area (TPSA) is 71.4 Å². The van der Waals surface area contributed by atoms with Gasteiger partial charge in [0.2, 0.25) is 0 Å². The van der Waals surface area contributed by atoms with E-state index in [4.69, 9.17) is 11.6 Å². The molecule has 0 aliphatic heterocycles. The van der Waals surface area contributed by atoms with E-state index in [1.165, 1.54) is 0 Å². The van der Waals surface area contributed by atoms with Crippen molar-refractivity contribution in [2.45, 2.75) is 87.0 Å². The van der Waals surface area contributed by atoms with Gasteiger partial charge in [0.15, 0.2) is 11.6 Å². The summed E-state index contributed by atoms with van der Waals surface area (Å²) in [6, 6.07) is 0. The van der Waals surface area contributed by atoms with Crippen LogP contribution < -0.4 is 0 Å². The smallest absolute Gasteiger partial charge is 0.313 e. The summed E-state index contributed by atoms with van der Waals surface area (Å²) >= 11 is 6.55. The summed E-state index contributed by atoms with van der Waals surface area (Å²) in [5.74, 6) is -0.949. The maximum atomic E-state index is 14.2. The predicted octanol–water partition coefficient (Wildman–Crippen LogP) is 6.88. The lowest BCUT2D eigenvalue weighted by Gasteiger charge is -2.67. The second-order valence-corrected chi connectivity index (χ2v) is 14.4. The quantitative estimate of drug-likeness (QED) is 0.427. The van der Waals surface area contributed by atoms with Crippen molar-refractivity contribution < 1.29 is 19.5 Å². The number of carboxylic acid groups (broad SMARTS) is 1. The highest BCUT2D eigenvalue weighted by Gasteiger charge is 2.69. The van der Waals surface area contributed by atoms with Crippen molar-refractivity contribution in [2.75, 3.05) is 0 Å². The highest BCUT2D eigenvalue weighted by Crippen LogP contribution is 2.73. The van der Waals surface area contributed by atoms with Gasteiger partial charge in [0.1, 0.15) is 0 Å². The molecule has 0 amide bonds. The van der Waals surface area contributed by atoms with E-state index in [9.17, 15) is 19.5 Å². The second kappa shape index (κ2) is 7.00. The molecule has 0 aromatic heterocycles. The number of rotatable bonds is 1. The molecule has 0 heterocycles. The standard InChI is InChI=1S/C30H39ClO4/c1-25(2)21-8-9-30(7)22(28(21,5)16-19(31)23(25)33)20(32)14-17-18-15-27(4,24(34)35)11-10-26(18,3)12-13-29(17,30)6/h14-16,21-22H,8-13H2,1-7H3,(H,34,35)/t21-,22+,26+,27-,28-,29+,30+/m0/s1. The van der Waals surface area contributed by atoms with E-state index in [-0.39, 0.29) is 44.7 Å². The van der Waals surface area contributed by atoms with E-state index in [1.807, 2.05) is 39.0 Å². The summed E-state index contributed by atoms with van der Waals surface area (Å²) in [7, 11) is 0. The lowest BCUT2D eigenvalue weighted by Crippen LogP contribution is -2.64. The number of halogens is 1. The number of carbonyl (C=O) groups excluding carboxylic acids is 2. The fourth-order valence-corrected chi connectivity index (χ4v) is 9.69. The van der Waals surface area contributed by atoms with Gasteiger partial charge in [0, 0.05) is 16.7 Å². The van der Waals surface area contributed by atoms with Gasteiger partial charge in [-0.1, -0.05) is 65.3 Å². The van der Waals surface area contributed by atoms with Crippen molar-refractivity contribution in [3.8, 4) is 0 Å².